The van der Waals surface area contributed by atoms with Crippen molar-refractivity contribution in [3.63, 3.8) is 0 Å². The fourth-order valence-electron chi connectivity index (χ4n) is 0.967. The number of rotatable bonds is 2. The van der Waals surface area contributed by atoms with Gasteiger partial charge in [0.2, 0.25) is 0 Å². The first-order valence-corrected chi connectivity index (χ1v) is 4.67. The van der Waals surface area contributed by atoms with Gasteiger partial charge in [-0.25, -0.2) is 4.39 Å². The van der Waals surface area contributed by atoms with Crippen LogP contribution in [0.5, 0.6) is 0 Å². The van der Waals surface area contributed by atoms with Gasteiger partial charge in [-0.05, 0) is 12.1 Å². The number of nitro benzene ring substituents is 1. The lowest BCUT2D eigenvalue weighted by Gasteiger charge is -1.94. The van der Waals surface area contributed by atoms with E-state index >= 15 is 0 Å². The Kier molecular flexibility index (Phi) is 4.07. The molecule has 0 unspecified atom stereocenters. The first-order chi connectivity index (χ1) is 7.15. The quantitative estimate of drug-likeness (QED) is 0.337. The number of halogens is 2. The zero-order valence-electron chi connectivity index (χ0n) is 7.67. The predicted octanol–water partition coefficient (Wildman–Crippen LogP) is 2.71. The summed E-state index contributed by atoms with van der Waals surface area (Å²) >= 11 is 5.40. The summed E-state index contributed by atoms with van der Waals surface area (Å²) in [6.45, 7) is 0. The largest absolute Gasteiger partial charge is 0.287 e. The second-order valence-electron chi connectivity index (χ2n) is 2.66. The van der Waals surface area contributed by atoms with Gasteiger partial charge < -0.3 is 0 Å². The minimum atomic E-state index is -0.659. The molecule has 0 fully saturated rings. The van der Waals surface area contributed by atoms with Crippen molar-refractivity contribution in [2.75, 3.05) is 5.88 Å². The van der Waals surface area contributed by atoms with Gasteiger partial charge in [-0.3, -0.25) is 10.1 Å². The van der Waals surface area contributed by atoms with E-state index in [-0.39, 0.29) is 11.3 Å². The van der Waals surface area contributed by atoms with Crippen LogP contribution >= 0.6 is 11.6 Å². The van der Waals surface area contributed by atoms with E-state index in [0.717, 1.165) is 12.1 Å². The van der Waals surface area contributed by atoms with Crippen LogP contribution in [0.25, 0.3) is 0 Å². The average molecular weight is 228 g/mol. The third-order valence-electron chi connectivity index (χ3n) is 1.60. The Morgan fingerprint density at radius 1 is 1.53 bits per heavy atom. The Morgan fingerprint density at radius 3 is 2.87 bits per heavy atom. The van der Waals surface area contributed by atoms with Crippen LogP contribution in [0.15, 0.2) is 18.2 Å². The summed E-state index contributed by atoms with van der Waals surface area (Å²) in [7, 11) is 0. The molecule has 0 radical (unpaired) electrons. The minimum absolute atomic E-state index is 0.200. The first-order valence-electron chi connectivity index (χ1n) is 4.14. The Labute approximate surface area is 91.0 Å². The Morgan fingerprint density at radius 2 is 2.27 bits per heavy atom. The van der Waals surface area contributed by atoms with Gasteiger partial charge in [-0.15, -0.1) is 11.6 Å². The lowest BCUT2D eigenvalue weighted by Crippen LogP contribution is -1.93. The van der Waals surface area contributed by atoms with Gasteiger partial charge in [0.1, 0.15) is 11.4 Å². The number of nitrogens with zero attached hydrogens (tertiary/aromatic N) is 1. The molecule has 0 saturated carbocycles. The maximum Gasteiger partial charge on any atom is 0.287 e. The molecule has 78 valence electrons. The molecule has 0 amide bonds. The number of benzene rings is 1. The number of nitro groups is 1. The molecule has 5 heteroatoms. The van der Waals surface area contributed by atoms with Gasteiger partial charge in [-0.1, -0.05) is 11.8 Å². The van der Waals surface area contributed by atoms with Crippen molar-refractivity contribution < 1.29 is 9.31 Å². The second kappa shape index (κ2) is 5.32. The predicted molar refractivity (Wildman–Crippen MR) is 55.3 cm³/mol. The molecule has 0 atom stereocenters. The molecule has 0 aliphatic carbocycles. The number of hydrogen-bond donors (Lipinski definition) is 0. The lowest BCUT2D eigenvalue weighted by molar-refractivity contribution is -0.385. The van der Waals surface area contributed by atoms with Crippen LogP contribution in [0.1, 0.15) is 12.0 Å². The molecule has 0 spiro atoms. The van der Waals surface area contributed by atoms with Gasteiger partial charge in [0.15, 0.2) is 0 Å². The van der Waals surface area contributed by atoms with E-state index in [4.69, 9.17) is 11.6 Å². The molecular formula is C10H7ClFNO2. The monoisotopic (exact) mass is 227 g/mol. The zero-order valence-corrected chi connectivity index (χ0v) is 8.42. The molecular weight excluding hydrogens is 221 g/mol. The molecule has 0 saturated heterocycles. The van der Waals surface area contributed by atoms with Crippen molar-refractivity contribution in [1.29, 1.82) is 0 Å². The van der Waals surface area contributed by atoms with Crippen molar-refractivity contribution in [3.05, 3.63) is 39.7 Å². The maximum absolute atomic E-state index is 12.7. The van der Waals surface area contributed by atoms with Gasteiger partial charge in [0.05, 0.1) is 11.0 Å². The van der Waals surface area contributed by atoms with Crippen LogP contribution in [-0.2, 0) is 0 Å². The van der Waals surface area contributed by atoms with Crippen LogP contribution in [0, 0.1) is 27.8 Å². The summed E-state index contributed by atoms with van der Waals surface area (Å²) in [5.41, 5.74) is -0.122. The second-order valence-corrected chi connectivity index (χ2v) is 3.04. The highest BCUT2D eigenvalue weighted by Gasteiger charge is 2.12. The van der Waals surface area contributed by atoms with E-state index in [2.05, 4.69) is 11.8 Å². The van der Waals surface area contributed by atoms with Crippen molar-refractivity contribution in [1.82, 2.24) is 0 Å². The van der Waals surface area contributed by atoms with Gasteiger partial charge in [-0.2, -0.15) is 0 Å². The molecule has 0 aliphatic heterocycles. The van der Waals surface area contributed by atoms with E-state index in [0.29, 0.717) is 12.3 Å². The van der Waals surface area contributed by atoms with Gasteiger partial charge in [0, 0.05) is 12.3 Å². The summed E-state index contributed by atoms with van der Waals surface area (Å²) in [6.07, 6.45) is 0.441. The first kappa shape index (κ1) is 11.5. The van der Waals surface area contributed by atoms with Crippen molar-refractivity contribution >= 4 is 17.3 Å². The van der Waals surface area contributed by atoms with E-state index in [1.165, 1.54) is 6.07 Å². The molecule has 3 nitrogen and oxygen atoms in total. The SMILES string of the molecule is O=[N+]([O-])c1cc(F)ccc1C#CCCCl. The smallest absolute Gasteiger partial charge is 0.258 e. The summed E-state index contributed by atoms with van der Waals surface area (Å²) in [5, 5.41) is 10.6. The van der Waals surface area contributed by atoms with Crippen LogP contribution in [0.3, 0.4) is 0 Å². The van der Waals surface area contributed by atoms with E-state index in [1.54, 1.807) is 0 Å². The lowest BCUT2D eigenvalue weighted by atomic mass is 10.2. The standard InChI is InChI=1S/C10H7ClFNO2/c11-6-2-1-3-8-4-5-9(12)7-10(8)13(14)15/h4-5,7H,2,6H2. The fraction of sp³-hybridized carbons (Fsp3) is 0.200. The minimum Gasteiger partial charge on any atom is -0.258 e. The van der Waals surface area contributed by atoms with Gasteiger partial charge >= 0.3 is 0 Å². The van der Waals surface area contributed by atoms with Crippen LogP contribution in [0.2, 0.25) is 0 Å². The molecule has 0 aromatic heterocycles. The number of hydrogen-bond acceptors (Lipinski definition) is 2. The summed E-state index contributed by atoms with van der Waals surface area (Å²) in [5.74, 6) is 4.95. The van der Waals surface area contributed by atoms with E-state index in [9.17, 15) is 14.5 Å². The average Bonchev–Trinajstić information content (AvgIpc) is 2.20. The molecule has 1 rings (SSSR count). The van der Waals surface area contributed by atoms with Crippen LogP contribution in [-0.4, -0.2) is 10.8 Å². The van der Waals surface area contributed by atoms with Crippen molar-refractivity contribution in [2.45, 2.75) is 6.42 Å². The normalized spacial score (nSPS) is 9.20. The molecule has 1 aromatic rings. The van der Waals surface area contributed by atoms with Crippen molar-refractivity contribution in [2.24, 2.45) is 0 Å². The zero-order chi connectivity index (χ0) is 11.3. The molecule has 0 aliphatic rings. The van der Waals surface area contributed by atoms with E-state index < -0.39 is 10.7 Å². The highest BCUT2D eigenvalue weighted by molar-refractivity contribution is 6.18. The summed E-state index contributed by atoms with van der Waals surface area (Å²) < 4.78 is 12.7. The molecule has 0 bridgehead atoms. The van der Waals surface area contributed by atoms with Crippen LogP contribution < -0.4 is 0 Å². The van der Waals surface area contributed by atoms with Crippen molar-refractivity contribution in [3.8, 4) is 11.8 Å². The van der Waals surface area contributed by atoms with Gasteiger partial charge in [0.25, 0.3) is 5.69 Å². The Hall–Kier alpha value is -1.60. The third kappa shape index (κ3) is 3.22. The molecule has 0 heterocycles. The molecule has 0 N–H and O–H groups in total. The van der Waals surface area contributed by atoms with E-state index in [1.807, 2.05) is 0 Å². The fourth-order valence-corrected chi connectivity index (χ4v) is 1.06. The summed E-state index contributed by atoms with van der Waals surface area (Å²) in [4.78, 5) is 9.89. The Bertz CT molecular complexity index is 437. The molecule has 15 heavy (non-hydrogen) atoms. The molecule has 1 aromatic carbocycles. The topological polar surface area (TPSA) is 43.1 Å². The van der Waals surface area contributed by atoms with Crippen LogP contribution in [0.4, 0.5) is 10.1 Å². The number of alkyl halides is 1. The Balaban J connectivity index is 3.08. The maximum atomic E-state index is 12.7. The third-order valence-corrected chi connectivity index (χ3v) is 1.79. The highest BCUT2D eigenvalue weighted by atomic mass is 35.5. The summed E-state index contributed by atoms with van der Waals surface area (Å²) in [6, 6.07) is 3.27. The highest BCUT2D eigenvalue weighted by Crippen LogP contribution is 2.18.